The lowest BCUT2D eigenvalue weighted by Gasteiger charge is -2.30. The molecule has 2 heteroatoms. The number of hydrogen-bond donors (Lipinski definition) is 1. The molecule has 0 aromatic carbocycles. The Labute approximate surface area is 98.8 Å². The highest BCUT2D eigenvalue weighted by Crippen LogP contribution is 2.36. The van der Waals surface area contributed by atoms with Gasteiger partial charge in [0.15, 0.2) is 0 Å². The molecule has 2 unspecified atom stereocenters. The number of thioether (sulfide) groups is 1. The van der Waals surface area contributed by atoms with Crippen molar-refractivity contribution in [3.05, 3.63) is 0 Å². The summed E-state index contributed by atoms with van der Waals surface area (Å²) in [4.78, 5) is 0. The lowest BCUT2D eigenvalue weighted by molar-refractivity contribution is 0.276. The van der Waals surface area contributed by atoms with Gasteiger partial charge in [-0.15, -0.1) is 0 Å². The maximum absolute atomic E-state index is 3.84. The molecule has 2 fully saturated rings. The molecule has 88 valence electrons. The SMILES string of the molecule is CCCNC(C1CCCC1)C1CCSC1. The number of rotatable bonds is 5. The van der Waals surface area contributed by atoms with Crippen LogP contribution in [0.1, 0.15) is 45.4 Å². The third kappa shape index (κ3) is 3.13. The summed E-state index contributed by atoms with van der Waals surface area (Å²) in [6, 6.07) is 0.849. The summed E-state index contributed by atoms with van der Waals surface area (Å²) in [5, 5.41) is 3.84. The predicted molar refractivity (Wildman–Crippen MR) is 69.5 cm³/mol. The van der Waals surface area contributed by atoms with E-state index < -0.39 is 0 Å². The van der Waals surface area contributed by atoms with Crippen LogP contribution in [0.2, 0.25) is 0 Å². The molecule has 1 saturated carbocycles. The van der Waals surface area contributed by atoms with Crippen molar-refractivity contribution in [1.82, 2.24) is 5.32 Å². The van der Waals surface area contributed by atoms with Crippen LogP contribution < -0.4 is 5.32 Å². The normalized spacial score (nSPS) is 29.8. The maximum Gasteiger partial charge on any atom is 0.0132 e. The van der Waals surface area contributed by atoms with Gasteiger partial charge in [0.2, 0.25) is 0 Å². The van der Waals surface area contributed by atoms with Crippen LogP contribution in [-0.4, -0.2) is 24.1 Å². The van der Waals surface area contributed by atoms with Gasteiger partial charge in [-0.05, 0) is 55.6 Å². The predicted octanol–water partition coefficient (Wildman–Crippen LogP) is 3.30. The fourth-order valence-corrected chi connectivity index (χ4v) is 4.49. The van der Waals surface area contributed by atoms with E-state index in [9.17, 15) is 0 Å². The summed E-state index contributed by atoms with van der Waals surface area (Å²) in [5.41, 5.74) is 0. The van der Waals surface area contributed by atoms with Gasteiger partial charge in [-0.1, -0.05) is 19.8 Å². The van der Waals surface area contributed by atoms with Gasteiger partial charge in [0, 0.05) is 6.04 Å². The summed E-state index contributed by atoms with van der Waals surface area (Å²) in [7, 11) is 0. The molecule has 1 nitrogen and oxygen atoms in total. The van der Waals surface area contributed by atoms with Crippen molar-refractivity contribution in [3.63, 3.8) is 0 Å². The second-order valence-electron chi connectivity index (χ2n) is 5.15. The molecule has 1 saturated heterocycles. The first-order valence-corrected chi connectivity index (χ1v) is 7.88. The molecule has 0 bridgehead atoms. The van der Waals surface area contributed by atoms with E-state index in [2.05, 4.69) is 24.0 Å². The zero-order valence-electron chi connectivity index (χ0n) is 10.0. The van der Waals surface area contributed by atoms with E-state index in [0.717, 1.165) is 17.9 Å². The summed E-state index contributed by atoms with van der Waals surface area (Å²) in [6.45, 7) is 3.50. The van der Waals surface area contributed by atoms with E-state index in [1.807, 2.05) is 0 Å². The Morgan fingerprint density at radius 2 is 2.00 bits per heavy atom. The molecule has 2 aliphatic rings. The van der Waals surface area contributed by atoms with Crippen LogP contribution in [0.5, 0.6) is 0 Å². The van der Waals surface area contributed by atoms with Crippen molar-refractivity contribution < 1.29 is 0 Å². The summed E-state index contributed by atoms with van der Waals surface area (Å²) in [6.07, 6.45) is 8.68. The van der Waals surface area contributed by atoms with Gasteiger partial charge in [-0.3, -0.25) is 0 Å². The molecule has 1 aliphatic heterocycles. The van der Waals surface area contributed by atoms with E-state index >= 15 is 0 Å². The van der Waals surface area contributed by atoms with E-state index in [-0.39, 0.29) is 0 Å². The lowest BCUT2D eigenvalue weighted by Crippen LogP contribution is -2.42. The molecule has 15 heavy (non-hydrogen) atoms. The van der Waals surface area contributed by atoms with Gasteiger partial charge in [0.25, 0.3) is 0 Å². The van der Waals surface area contributed by atoms with Gasteiger partial charge in [-0.2, -0.15) is 11.8 Å². The summed E-state index contributed by atoms with van der Waals surface area (Å²) < 4.78 is 0. The highest BCUT2D eigenvalue weighted by Gasteiger charge is 2.32. The first kappa shape index (κ1) is 11.8. The standard InChI is InChI=1S/C13H25NS/c1-2-8-14-13(11-5-3-4-6-11)12-7-9-15-10-12/h11-14H,2-10H2,1H3. The van der Waals surface area contributed by atoms with Crippen LogP contribution in [0.25, 0.3) is 0 Å². The first-order chi connectivity index (χ1) is 7.42. The van der Waals surface area contributed by atoms with Crippen molar-refractivity contribution in [2.75, 3.05) is 18.1 Å². The summed E-state index contributed by atoms with van der Waals surface area (Å²) >= 11 is 2.16. The highest BCUT2D eigenvalue weighted by molar-refractivity contribution is 7.99. The van der Waals surface area contributed by atoms with Crippen LogP contribution in [0, 0.1) is 11.8 Å². The smallest absolute Gasteiger partial charge is 0.0132 e. The second kappa shape index (κ2) is 6.15. The Hall–Kier alpha value is 0.310. The van der Waals surface area contributed by atoms with Gasteiger partial charge in [0.05, 0.1) is 0 Å². The molecule has 0 radical (unpaired) electrons. The average molecular weight is 227 g/mol. The fraction of sp³-hybridized carbons (Fsp3) is 1.00. The highest BCUT2D eigenvalue weighted by atomic mass is 32.2. The monoisotopic (exact) mass is 227 g/mol. The molecule has 2 atom stereocenters. The fourth-order valence-electron chi connectivity index (χ4n) is 3.18. The molecule has 1 heterocycles. The van der Waals surface area contributed by atoms with Crippen molar-refractivity contribution in [3.8, 4) is 0 Å². The Morgan fingerprint density at radius 1 is 1.20 bits per heavy atom. The molecule has 0 spiro atoms. The largest absolute Gasteiger partial charge is 0.313 e. The van der Waals surface area contributed by atoms with Gasteiger partial charge in [-0.25, -0.2) is 0 Å². The van der Waals surface area contributed by atoms with E-state index in [1.165, 1.54) is 56.6 Å². The Balaban J connectivity index is 1.88. The van der Waals surface area contributed by atoms with Gasteiger partial charge in [0.1, 0.15) is 0 Å². The zero-order valence-corrected chi connectivity index (χ0v) is 10.8. The van der Waals surface area contributed by atoms with Crippen LogP contribution in [0.4, 0.5) is 0 Å². The number of hydrogen-bond acceptors (Lipinski definition) is 2. The minimum Gasteiger partial charge on any atom is -0.313 e. The zero-order chi connectivity index (χ0) is 10.5. The van der Waals surface area contributed by atoms with Crippen LogP contribution in [-0.2, 0) is 0 Å². The van der Waals surface area contributed by atoms with E-state index in [4.69, 9.17) is 0 Å². The topological polar surface area (TPSA) is 12.0 Å². The van der Waals surface area contributed by atoms with Crippen molar-refractivity contribution >= 4 is 11.8 Å². The van der Waals surface area contributed by atoms with Crippen molar-refractivity contribution in [2.45, 2.75) is 51.5 Å². The molecule has 1 aliphatic carbocycles. The lowest BCUT2D eigenvalue weighted by atomic mass is 9.86. The third-order valence-corrected chi connectivity index (χ3v) is 5.20. The molecule has 0 aromatic rings. The van der Waals surface area contributed by atoms with Crippen molar-refractivity contribution in [1.29, 1.82) is 0 Å². The Kier molecular flexibility index (Phi) is 4.83. The first-order valence-electron chi connectivity index (χ1n) is 6.73. The van der Waals surface area contributed by atoms with Crippen LogP contribution in [0.3, 0.4) is 0 Å². The van der Waals surface area contributed by atoms with Crippen molar-refractivity contribution in [2.24, 2.45) is 11.8 Å². The molecule has 1 N–H and O–H groups in total. The second-order valence-corrected chi connectivity index (χ2v) is 6.30. The van der Waals surface area contributed by atoms with Crippen LogP contribution in [0.15, 0.2) is 0 Å². The molecular weight excluding hydrogens is 202 g/mol. The number of nitrogens with one attached hydrogen (secondary N) is 1. The van der Waals surface area contributed by atoms with Gasteiger partial charge >= 0.3 is 0 Å². The third-order valence-electron chi connectivity index (χ3n) is 4.01. The summed E-state index contributed by atoms with van der Waals surface area (Å²) in [5.74, 6) is 4.80. The van der Waals surface area contributed by atoms with Gasteiger partial charge < -0.3 is 5.32 Å². The van der Waals surface area contributed by atoms with Crippen LogP contribution >= 0.6 is 11.8 Å². The molecule has 0 aromatic heterocycles. The maximum atomic E-state index is 3.84. The van der Waals surface area contributed by atoms with E-state index in [1.54, 1.807) is 0 Å². The average Bonchev–Trinajstić information content (AvgIpc) is 2.90. The Bertz CT molecular complexity index is 155. The minimum absolute atomic E-state index is 0.849. The minimum atomic E-state index is 0.849. The molecule has 2 rings (SSSR count). The van der Waals surface area contributed by atoms with E-state index in [0.29, 0.717) is 0 Å². The molecular formula is C13H25NS. The molecule has 0 amide bonds. The quantitative estimate of drug-likeness (QED) is 0.773. The Morgan fingerprint density at radius 3 is 2.60 bits per heavy atom.